The van der Waals surface area contributed by atoms with Gasteiger partial charge in [0.25, 0.3) is 0 Å². The Balaban J connectivity index is 2.00. The van der Waals surface area contributed by atoms with Crippen LogP contribution < -0.4 is 5.32 Å². The van der Waals surface area contributed by atoms with E-state index in [4.69, 9.17) is 11.6 Å². The fourth-order valence-electron chi connectivity index (χ4n) is 2.46. The Morgan fingerprint density at radius 1 is 1.15 bits per heavy atom. The number of ketones is 2. The molecule has 4 nitrogen and oxygen atoms in total. The van der Waals surface area contributed by atoms with Crippen molar-refractivity contribution in [1.29, 1.82) is 0 Å². The Morgan fingerprint density at radius 3 is 2.56 bits per heavy atom. The van der Waals surface area contributed by atoms with E-state index in [1.807, 2.05) is 0 Å². The molecule has 0 saturated carbocycles. The molecule has 0 radical (unpaired) electrons. The van der Waals surface area contributed by atoms with Crippen LogP contribution in [-0.2, 0) is 0 Å². The average molecular weight is 431 g/mol. The Bertz CT molecular complexity index is 977. The molecule has 0 spiro atoms. The highest BCUT2D eigenvalue weighted by Crippen LogP contribution is 2.41. The molecular weight excluding hydrogens is 421 g/mol. The second-order valence-corrected chi connectivity index (χ2v) is 7.61. The van der Waals surface area contributed by atoms with E-state index in [1.54, 1.807) is 6.26 Å². The first-order valence-electron chi connectivity index (χ1n) is 7.36. The smallest absolute Gasteiger partial charge is 0.351 e. The van der Waals surface area contributed by atoms with Gasteiger partial charge in [-0.1, -0.05) is 11.6 Å². The van der Waals surface area contributed by atoms with Crippen molar-refractivity contribution in [3.05, 3.63) is 63.4 Å². The molecule has 1 aliphatic carbocycles. The van der Waals surface area contributed by atoms with Gasteiger partial charge in [0.15, 0.2) is 0 Å². The predicted molar refractivity (Wildman–Crippen MR) is 100 cm³/mol. The molecule has 140 valence electrons. The SMILES string of the molecule is CSC1=C(Nc2ccc(Cl)c(SC(F)(F)F)c2)C(=O)c2cccnc2C1=O. The first kappa shape index (κ1) is 19.8. The number of hydrogen-bond donors (Lipinski definition) is 1. The van der Waals surface area contributed by atoms with Crippen LogP contribution in [0.25, 0.3) is 0 Å². The van der Waals surface area contributed by atoms with Gasteiger partial charge in [-0.15, -0.1) is 11.8 Å². The van der Waals surface area contributed by atoms with Crippen LogP contribution in [0.1, 0.15) is 20.8 Å². The number of aromatic nitrogens is 1. The van der Waals surface area contributed by atoms with E-state index in [2.05, 4.69) is 10.3 Å². The second kappa shape index (κ2) is 7.57. The number of benzene rings is 1. The minimum absolute atomic E-state index is 0.00159. The van der Waals surface area contributed by atoms with Gasteiger partial charge >= 0.3 is 5.51 Å². The number of nitrogens with zero attached hydrogens (tertiary/aromatic N) is 1. The number of alkyl halides is 3. The lowest BCUT2D eigenvalue weighted by molar-refractivity contribution is -0.0328. The molecule has 0 bridgehead atoms. The highest BCUT2D eigenvalue weighted by atomic mass is 35.5. The number of halogens is 4. The predicted octanol–water partition coefficient (Wildman–Crippen LogP) is 5.41. The first-order chi connectivity index (χ1) is 12.7. The lowest BCUT2D eigenvalue weighted by atomic mass is 9.96. The number of Topliss-reactive ketones (excluding diaryl/α,β-unsaturated/α-hetero) is 2. The van der Waals surface area contributed by atoms with Crippen molar-refractivity contribution in [2.45, 2.75) is 10.4 Å². The molecule has 3 rings (SSSR count). The maximum Gasteiger partial charge on any atom is 0.446 e. The molecule has 0 amide bonds. The summed E-state index contributed by atoms with van der Waals surface area (Å²) in [5.41, 5.74) is -4.10. The Morgan fingerprint density at radius 2 is 1.89 bits per heavy atom. The molecule has 0 saturated heterocycles. The average Bonchev–Trinajstić information content (AvgIpc) is 2.61. The van der Waals surface area contributed by atoms with Crippen LogP contribution in [-0.4, -0.2) is 28.3 Å². The Hall–Kier alpha value is -1.97. The summed E-state index contributed by atoms with van der Waals surface area (Å²) < 4.78 is 38.0. The molecule has 1 aliphatic rings. The number of fused-ring (bicyclic) bond motifs is 1. The molecule has 27 heavy (non-hydrogen) atoms. The normalized spacial score (nSPS) is 14.4. The summed E-state index contributed by atoms with van der Waals surface area (Å²) in [6, 6.07) is 6.92. The number of rotatable bonds is 4. The molecule has 0 aliphatic heterocycles. The summed E-state index contributed by atoms with van der Waals surface area (Å²) in [5.74, 6) is -0.874. The van der Waals surface area contributed by atoms with Crippen LogP contribution in [0.15, 0.2) is 52.0 Å². The Kier molecular flexibility index (Phi) is 5.55. The van der Waals surface area contributed by atoms with E-state index in [0.717, 1.165) is 11.8 Å². The minimum Gasteiger partial charge on any atom is -0.351 e. The van der Waals surface area contributed by atoms with Crippen molar-refractivity contribution < 1.29 is 22.8 Å². The van der Waals surface area contributed by atoms with E-state index in [-0.39, 0.29) is 49.2 Å². The standard InChI is InChI=1S/C17H10ClF3N2O2S2/c1-26-16-13(14(24)9-3-2-6-22-12(9)15(16)25)23-8-4-5-10(18)11(7-8)27-17(19,20)21/h2-7,23H,1H3. The highest BCUT2D eigenvalue weighted by Gasteiger charge is 2.34. The third-order valence-corrected chi connectivity index (χ3v) is 5.59. The quantitative estimate of drug-likeness (QED) is 0.654. The van der Waals surface area contributed by atoms with E-state index in [1.165, 1.54) is 36.5 Å². The third-order valence-electron chi connectivity index (χ3n) is 3.56. The van der Waals surface area contributed by atoms with Crippen molar-refractivity contribution in [2.24, 2.45) is 0 Å². The Labute approximate surface area is 165 Å². The molecule has 2 aromatic rings. The van der Waals surface area contributed by atoms with Gasteiger partial charge in [-0.2, -0.15) is 13.2 Å². The molecule has 1 aromatic carbocycles. The van der Waals surface area contributed by atoms with Crippen LogP contribution in [0, 0.1) is 0 Å². The maximum absolute atomic E-state index is 12.8. The summed E-state index contributed by atoms with van der Waals surface area (Å²) in [4.78, 5) is 29.3. The second-order valence-electron chi connectivity index (χ2n) is 5.28. The molecule has 0 fully saturated rings. The molecule has 10 heteroatoms. The van der Waals surface area contributed by atoms with Gasteiger partial charge in [0.2, 0.25) is 11.6 Å². The topological polar surface area (TPSA) is 59.1 Å². The third kappa shape index (κ3) is 4.15. The van der Waals surface area contributed by atoms with Gasteiger partial charge in [0, 0.05) is 16.8 Å². The number of carbonyl (C=O) groups excluding carboxylic acids is 2. The summed E-state index contributed by atoms with van der Waals surface area (Å²) in [7, 11) is 0. The van der Waals surface area contributed by atoms with Gasteiger partial charge in [0.1, 0.15) is 11.4 Å². The zero-order valence-corrected chi connectivity index (χ0v) is 15.9. The minimum atomic E-state index is -4.51. The van der Waals surface area contributed by atoms with Gasteiger partial charge < -0.3 is 5.32 Å². The van der Waals surface area contributed by atoms with Crippen molar-refractivity contribution in [3.63, 3.8) is 0 Å². The first-order valence-corrected chi connectivity index (χ1v) is 9.78. The van der Waals surface area contributed by atoms with E-state index in [0.29, 0.717) is 0 Å². The van der Waals surface area contributed by atoms with Crippen LogP contribution >= 0.6 is 35.1 Å². The van der Waals surface area contributed by atoms with Crippen LogP contribution in [0.3, 0.4) is 0 Å². The van der Waals surface area contributed by atoms with Gasteiger partial charge in [-0.25, -0.2) is 0 Å². The zero-order chi connectivity index (χ0) is 19.8. The van der Waals surface area contributed by atoms with Crippen molar-refractivity contribution >= 4 is 52.4 Å². The van der Waals surface area contributed by atoms with E-state index < -0.39 is 17.1 Å². The molecule has 0 atom stereocenters. The lowest BCUT2D eigenvalue weighted by Gasteiger charge is -2.20. The lowest BCUT2D eigenvalue weighted by Crippen LogP contribution is -2.26. The molecule has 1 aromatic heterocycles. The number of hydrogen-bond acceptors (Lipinski definition) is 6. The fraction of sp³-hybridized carbons (Fsp3) is 0.118. The molecule has 0 unspecified atom stereocenters. The summed E-state index contributed by atoms with van der Waals surface area (Å²) in [6.45, 7) is 0. The maximum atomic E-state index is 12.8. The number of nitrogens with one attached hydrogen (secondary N) is 1. The van der Waals surface area contributed by atoms with Crippen molar-refractivity contribution in [1.82, 2.24) is 4.98 Å². The summed E-state index contributed by atoms with van der Waals surface area (Å²) >= 11 is 6.53. The summed E-state index contributed by atoms with van der Waals surface area (Å²) in [6.07, 6.45) is 3.04. The van der Waals surface area contributed by atoms with E-state index in [9.17, 15) is 22.8 Å². The number of thioether (sulfide) groups is 2. The van der Waals surface area contributed by atoms with Gasteiger partial charge in [-0.05, 0) is 48.3 Å². The number of allylic oxidation sites excluding steroid dienone is 2. The number of carbonyl (C=O) groups is 2. The van der Waals surface area contributed by atoms with Crippen molar-refractivity contribution in [3.8, 4) is 0 Å². The van der Waals surface area contributed by atoms with Crippen LogP contribution in [0.2, 0.25) is 5.02 Å². The molecule has 1 N–H and O–H groups in total. The molecular formula is C17H10ClF3N2O2S2. The van der Waals surface area contributed by atoms with Crippen LogP contribution in [0.4, 0.5) is 18.9 Å². The van der Waals surface area contributed by atoms with Crippen LogP contribution in [0.5, 0.6) is 0 Å². The zero-order valence-electron chi connectivity index (χ0n) is 13.6. The van der Waals surface area contributed by atoms with Crippen molar-refractivity contribution in [2.75, 3.05) is 11.6 Å². The number of anilines is 1. The van der Waals surface area contributed by atoms with Gasteiger partial charge in [-0.3, -0.25) is 14.6 Å². The fourth-order valence-corrected chi connectivity index (χ4v) is 3.93. The van der Waals surface area contributed by atoms with E-state index >= 15 is 0 Å². The number of pyridine rings is 1. The van der Waals surface area contributed by atoms with Gasteiger partial charge in [0.05, 0.1) is 15.5 Å². The molecule has 1 heterocycles. The largest absolute Gasteiger partial charge is 0.446 e. The monoisotopic (exact) mass is 430 g/mol. The summed E-state index contributed by atoms with van der Waals surface area (Å²) in [5, 5.41) is 2.71. The highest BCUT2D eigenvalue weighted by molar-refractivity contribution is 8.03.